The van der Waals surface area contributed by atoms with Crippen molar-refractivity contribution < 1.29 is 8.78 Å². The molecule has 0 spiro atoms. The first-order valence-electron chi connectivity index (χ1n) is 6.14. The fraction of sp³-hybridized carbons (Fsp3) is 0.0625. The Bertz CT molecular complexity index is 868. The van der Waals surface area contributed by atoms with Gasteiger partial charge in [-0.05, 0) is 30.0 Å². The van der Waals surface area contributed by atoms with E-state index in [0.717, 1.165) is 6.07 Å². The Hall–Kier alpha value is -2.49. The molecule has 0 saturated carbocycles. The molecule has 1 N–H and O–H groups in total. The molecule has 20 heavy (non-hydrogen) atoms. The molecule has 0 fully saturated rings. The van der Waals surface area contributed by atoms with Crippen LogP contribution in [0.5, 0.6) is 0 Å². The fourth-order valence-electron chi connectivity index (χ4n) is 2.30. The van der Waals surface area contributed by atoms with Crippen molar-refractivity contribution in [1.29, 1.82) is 0 Å². The monoisotopic (exact) mass is 271 g/mol. The van der Waals surface area contributed by atoms with Crippen LogP contribution in [0.3, 0.4) is 0 Å². The molecule has 1 heterocycles. The summed E-state index contributed by atoms with van der Waals surface area (Å²) in [6, 6.07) is 9.26. The zero-order valence-electron chi connectivity index (χ0n) is 10.7. The van der Waals surface area contributed by atoms with Crippen LogP contribution >= 0.6 is 0 Å². The topological polar surface area (TPSA) is 32.9 Å². The molecule has 0 aliphatic heterocycles. The van der Waals surface area contributed by atoms with E-state index < -0.39 is 11.6 Å². The Balaban J connectivity index is 2.39. The van der Waals surface area contributed by atoms with Crippen LogP contribution in [0.1, 0.15) is 5.56 Å². The number of fused-ring (bicyclic) bond motifs is 1. The summed E-state index contributed by atoms with van der Waals surface area (Å²) >= 11 is 0. The predicted molar refractivity (Wildman–Crippen MR) is 74.7 cm³/mol. The second-order valence-corrected chi connectivity index (χ2v) is 4.66. The average Bonchev–Trinajstić information content (AvgIpc) is 2.44. The van der Waals surface area contributed by atoms with E-state index in [1.807, 2.05) is 0 Å². The maximum atomic E-state index is 14.0. The van der Waals surface area contributed by atoms with Gasteiger partial charge in [-0.25, -0.2) is 8.78 Å². The van der Waals surface area contributed by atoms with Crippen LogP contribution in [0, 0.1) is 18.6 Å². The first-order valence-corrected chi connectivity index (χ1v) is 6.14. The molecule has 4 heteroatoms. The molecule has 3 rings (SSSR count). The van der Waals surface area contributed by atoms with Gasteiger partial charge >= 0.3 is 0 Å². The summed E-state index contributed by atoms with van der Waals surface area (Å²) in [5.74, 6) is -1.23. The van der Waals surface area contributed by atoms with Gasteiger partial charge in [0.1, 0.15) is 11.6 Å². The van der Waals surface area contributed by atoms with E-state index in [1.54, 1.807) is 31.2 Å². The van der Waals surface area contributed by atoms with Crippen molar-refractivity contribution >= 4 is 10.8 Å². The molecule has 0 aliphatic rings. The molecular weight excluding hydrogens is 260 g/mol. The summed E-state index contributed by atoms with van der Waals surface area (Å²) < 4.78 is 27.4. The minimum absolute atomic E-state index is 0.233. The number of benzene rings is 2. The molecule has 0 aliphatic carbocycles. The van der Waals surface area contributed by atoms with Crippen LogP contribution in [0.2, 0.25) is 0 Å². The van der Waals surface area contributed by atoms with Crippen LogP contribution in [-0.4, -0.2) is 4.98 Å². The van der Waals surface area contributed by atoms with Crippen molar-refractivity contribution in [3.63, 3.8) is 0 Å². The highest BCUT2D eigenvalue weighted by atomic mass is 19.1. The molecule has 0 radical (unpaired) electrons. The Morgan fingerprint density at radius 3 is 2.40 bits per heavy atom. The van der Waals surface area contributed by atoms with Crippen molar-refractivity contribution in [3.8, 4) is 11.1 Å². The van der Waals surface area contributed by atoms with Gasteiger partial charge in [0.05, 0.1) is 0 Å². The third-order valence-corrected chi connectivity index (χ3v) is 3.35. The molecule has 2 nitrogen and oxygen atoms in total. The molecule has 0 amide bonds. The Kier molecular flexibility index (Phi) is 2.86. The molecule has 1 aromatic heterocycles. The van der Waals surface area contributed by atoms with Gasteiger partial charge in [0.2, 0.25) is 0 Å². The van der Waals surface area contributed by atoms with E-state index in [9.17, 15) is 13.6 Å². The highest BCUT2D eigenvalue weighted by Crippen LogP contribution is 2.29. The quantitative estimate of drug-likeness (QED) is 0.717. The van der Waals surface area contributed by atoms with Crippen molar-refractivity contribution in [2.75, 3.05) is 0 Å². The second kappa shape index (κ2) is 4.56. The molecule has 2 aromatic carbocycles. The Morgan fingerprint density at radius 2 is 1.65 bits per heavy atom. The van der Waals surface area contributed by atoms with Gasteiger partial charge in [-0.3, -0.25) is 4.79 Å². The van der Waals surface area contributed by atoms with E-state index >= 15 is 0 Å². The number of halogens is 2. The largest absolute Gasteiger partial charge is 0.328 e. The van der Waals surface area contributed by atoms with Gasteiger partial charge in [-0.1, -0.05) is 18.2 Å². The third kappa shape index (κ3) is 1.90. The molecule has 0 saturated heterocycles. The summed E-state index contributed by atoms with van der Waals surface area (Å²) in [5, 5.41) is 1.12. The summed E-state index contributed by atoms with van der Waals surface area (Å²) in [4.78, 5) is 14.3. The van der Waals surface area contributed by atoms with E-state index in [2.05, 4.69) is 4.98 Å². The number of hydrogen-bond acceptors (Lipinski definition) is 1. The second-order valence-electron chi connectivity index (χ2n) is 4.66. The summed E-state index contributed by atoms with van der Waals surface area (Å²) in [6.45, 7) is 1.58. The van der Waals surface area contributed by atoms with Crippen LogP contribution in [0.4, 0.5) is 8.78 Å². The highest BCUT2D eigenvalue weighted by Gasteiger charge is 2.13. The number of H-pyrrole nitrogens is 1. The number of pyridine rings is 1. The number of rotatable bonds is 1. The Labute approximate surface area is 113 Å². The number of aromatic nitrogens is 1. The lowest BCUT2D eigenvalue weighted by molar-refractivity contribution is 0.579. The van der Waals surface area contributed by atoms with Crippen LogP contribution in [-0.2, 0) is 0 Å². The summed E-state index contributed by atoms with van der Waals surface area (Å²) in [5.41, 5.74) is 0.942. The lowest BCUT2D eigenvalue weighted by Crippen LogP contribution is -2.06. The zero-order valence-corrected chi connectivity index (χ0v) is 10.7. The molecule has 0 atom stereocenters. The number of aromatic amines is 1. The van der Waals surface area contributed by atoms with Crippen molar-refractivity contribution in [2.24, 2.45) is 0 Å². The van der Waals surface area contributed by atoms with Gasteiger partial charge in [-0.2, -0.15) is 0 Å². The van der Waals surface area contributed by atoms with E-state index in [1.165, 1.54) is 12.3 Å². The number of nitrogens with one attached hydrogen (secondary N) is 1. The zero-order chi connectivity index (χ0) is 14.3. The minimum Gasteiger partial charge on any atom is -0.328 e. The molecular formula is C16H11F2NO. The smallest absolute Gasteiger partial charge is 0.255 e. The van der Waals surface area contributed by atoms with E-state index in [0.29, 0.717) is 21.9 Å². The van der Waals surface area contributed by atoms with Gasteiger partial charge in [-0.15, -0.1) is 0 Å². The fourth-order valence-corrected chi connectivity index (χ4v) is 2.30. The standard InChI is InChI=1S/C16H11F2NO/c1-9-6-12(15(18)7-14(9)17)13-8-19-16(20)11-5-3-2-4-10(11)13/h2-8H,1H3,(H,19,20). The summed E-state index contributed by atoms with van der Waals surface area (Å²) in [6.07, 6.45) is 1.46. The average molecular weight is 271 g/mol. The molecule has 100 valence electrons. The maximum absolute atomic E-state index is 14.0. The highest BCUT2D eigenvalue weighted by molar-refractivity contribution is 5.95. The molecule has 3 aromatic rings. The van der Waals surface area contributed by atoms with Crippen LogP contribution in [0.25, 0.3) is 21.9 Å². The van der Waals surface area contributed by atoms with Crippen molar-refractivity contribution in [1.82, 2.24) is 4.98 Å². The first kappa shape index (κ1) is 12.5. The normalized spacial score (nSPS) is 10.9. The number of aryl methyl sites for hydroxylation is 1. The lowest BCUT2D eigenvalue weighted by Gasteiger charge is -2.09. The lowest BCUT2D eigenvalue weighted by atomic mass is 9.99. The van der Waals surface area contributed by atoms with Gasteiger partial charge in [0.15, 0.2) is 0 Å². The molecule has 0 unspecified atom stereocenters. The van der Waals surface area contributed by atoms with Gasteiger partial charge in [0.25, 0.3) is 5.56 Å². The van der Waals surface area contributed by atoms with E-state index in [4.69, 9.17) is 0 Å². The number of hydrogen-bond donors (Lipinski definition) is 1. The maximum Gasteiger partial charge on any atom is 0.255 e. The van der Waals surface area contributed by atoms with E-state index in [-0.39, 0.29) is 11.1 Å². The van der Waals surface area contributed by atoms with Gasteiger partial charge < -0.3 is 4.98 Å². The van der Waals surface area contributed by atoms with Crippen LogP contribution in [0.15, 0.2) is 47.4 Å². The summed E-state index contributed by atoms with van der Waals surface area (Å²) in [7, 11) is 0. The third-order valence-electron chi connectivity index (χ3n) is 3.35. The van der Waals surface area contributed by atoms with Crippen LogP contribution < -0.4 is 5.56 Å². The minimum atomic E-state index is -0.648. The predicted octanol–water partition coefficient (Wildman–Crippen LogP) is 3.78. The van der Waals surface area contributed by atoms with Crippen molar-refractivity contribution in [3.05, 3.63) is 70.1 Å². The van der Waals surface area contributed by atoms with Crippen molar-refractivity contribution in [2.45, 2.75) is 6.92 Å². The van der Waals surface area contributed by atoms with Gasteiger partial charge in [0, 0.05) is 28.8 Å². The SMILES string of the molecule is Cc1cc(-c2c[nH]c(=O)c3ccccc23)c(F)cc1F. The molecule has 0 bridgehead atoms. The first-order chi connectivity index (χ1) is 9.58. The Morgan fingerprint density at radius 1 is 0.950 bits per heavy atom.